The summed E-state index contributed by atoms with van der Waals surface area (Å²) in [5.74, 6) is 0.212. The van der Waals surface area contributed by atoms with Crippen LogP contribution in [0.15, 0.2) is 0 Å². The van der Waals surface area contributed by atoms with Crippen LogP contribution < -0.4 is 15.4 Å². The van der Waals surface area contributed by atoms with Crippen LogP contribution >= 0.6 is 11.3 Å². The molecule has 0 atom stereocenters. The Kier molecular flexibility index (Phi) is 4.37. The molecule has 1 aromatic heterocycles. The highest BCUT2D eigenvalue weighted by Gasteiger charge is 2.34. The summed E-state index contributed by atoms with van der Waals surface area (Å²) in [4.78, 5) is 14.5. The van der Waals surface area contributed by atoms with Crippen LogP contribution in [0.3, 0.4) is 0 Å². The first-order valence-electron chi connectivity index (χ1n) is 7.17. The number of hydrogen-bond acceptors (Lipinski definition) is 6. The van der Waals surface area contributed by atoms with Gasteiger partial charge in [-0.25, -0.2) is 4.79 Å². The molecule has 1 aromatic rings. The molecule has 2 rings (SSSR count). The molecule has 0 bridgehead atoms. The number of thiophene rings is 1. The highest BCUT2D eigenvalue weighted by atomic mass is 32.1. The molecule has 1 saturated heterocycles. The third-order valence-electron chi connectivity index (χ3n) is 3.57. The van der Waals surface area contributed by atoms with E-state index >= 15 is 0 Å². The Balaban J connectivity index is 2.41. The third-order valence-corrected chi connectivity index (χ3v) is 4.80. The van der Waals surface area contributed by atoms with Crippen molar-refractivity contribution in [2.75, 3.05) is 30.8 Å². The molecule has 1 aliphatic rings. The average molecular weight is 312 g/mol. The van der Waals surface area contributed by atoms with E-state index < -0.39 is 5.97 Å². The third kappa shape index (κ3) is 3.26. The molecule has 2 heterocycles. The molecular formula is C15H24N2O3S. The number of anilines is 2. The minimum Gasteiger partial charge on any atom is -0.486 e. The second kappa shape index (κ2) is 5.75. The van der Waals surface area contributed by atoms with E-state index in [0.717, 1.165) is 24.5 Å². The predicted octanol–water partition coefficient (Wildman–Crippen LogP) is 3.14. The van der Waals surface area contributed by atoms with Crippen LogP contribution in [0.2, 0.25) is 0 Å². The lowest BCUT2D eigenvalue weighted by Crippen LogP contribution is -2.22. The Morgan fingerprint density at radius 3 is 2.57 bits per heavy atom. The van der Waals surface area contributed by atoms with Crippen molar-refractivity contribution in [3.8, 4) is 5.75 Å². The summed E-state index contributed by atoms with van der Waals surface area (Å²) in [7, 11) is 1.36. The second-order valence-corrected chi connectivity index (χ2v) is 7.47. The average Bonchev–Trinajstić information content (AvgIpc) is 2.90. The van der Waals surface area contributed by atoms with E-state index in [-0.39, 0.29) is 11.5 Å². The summed E-state index contributed by atoms with van der Waals surface area (Å²) in [6.07, 6.45) is 1.11. The molecule has 118 valence electrons. The zero-order valence-corrected chi connectivity index (χ0v) is 14.2. The normalized spacial score (nSPS) is 17.3. The Bertz CT molecular complexity index is 537. The van der Waals surface area contributed by atoms with Crippen LogP contribution in [0.5, 0.6) is 5.75 Å². The summed E-state index contributed by atoms with van der Waals surface area (Å²) in [5.41, 5.74) is 6.77. The molecule has 0 saturated carbocycles. The lowest BCUT2D eigenvalue weighted by Gasteiger charge is -2.22. The zero-order chi connectivity index (χ0) is 15.8. The van der Waals surface area contributed by atoms with Crippen molar-refractivity contribution in [1.82, 2.24) is 0 Å². The zero-order valence-electron chi connectivity index (χ0n) is 13.4. The van der Waals surface area contributed by atoms with E-state index in [4.69, 9.17) is 15.2 Å². The number of esters is 1. The van der Waals surface area contributed by atoms with E-state index in [1.807, 2.05) is 13.8 Å². The molecule has 0 amide bonds. The lowest BCUT2D eigenvalue weighted by molar-refractivity contribution is 0.0607. The van der Waals surface area contributed by atoms with Gasteiger partial charge in [-0.1, -0.05) is 13.8 Å². The van der Waals surface area contributed by atoms with E-state index in [1.165, 1.54) is 18.4 Å². The van der Waals surface area contributed by atoms with Crippen molar-refractivity contribution < 1.29 is 14.3 Å². The van der Waals surface area contributed by atoms with Gasteiger partial charge in [0, 0.05) is 13.1 Å². The number of carbonyl (C=O) groups is 1. The number of carbonyl (C=O) groups excluding carboxylic acids is 1. The number of ether oxygens (including phenoxy) is 2. The van der Waals surface area contributed by atoms with Crippen molar-refractivity contribution in [3.63, 3.8) is 0 Å². The van der Waals surface area contributed by atoms with E-state index in [2.05, 4.69) is 18.7 Å². The first-order valence-corrected chi connectivity index (χ1v) is 7.99. The molecular weight excluding hydrogens is 288 g/mol. The molecule has 0 unspecified atom stereocenters. The lowest BCUT2D eigenvalue weighted by atomic mass is 9.93. The van der Waals surface area contributed by atoms with Gasteiger partial charge in [0.05, 0.1) is 13.2 Å². The fourth-order valence-corrected chi connectivity index (χ4v) is 3.60. The quantitative estimate of drug-likeness (QED) is 0.865. The van der Waals surface area contributed by atoms with Crippen molar-refractivity contribution >= 4 is 28.0 Å². The van der Waals surface area contributed by atoms with Crippen LogP contribution in [0.25, 0.3) is 0 Å². The molecule has 21 heavy (non-hydrogen) atoms. The molecule has 1 aliphatic heterocycles. The van der Waals surface area contributed by atoms with Crippen LogP contribution in [-0.4, -0.2) is 32.3 Å². The van der Waals surface area contributed by atoms with Crippen LogP contribution in [0.4, 0.5) is 10.7 Å². The molecule has 5 nitrogen and oxygen atoms in total. The van der Waals surface area contributed by atoms with Gasteiger partial charge in [-0.05, 0) is 25.7 Å². The van der Waals surface area contributed by atoms with Gasteiger partial charge in [-0.3, -0.25) is 0 Å². The minimum atomic E-state index is -0.407. The van der Waals surface area contributed by atoms with E-state index in [9.17, 15) is 4.79 Å². The SMILES string of the molecule is COC(=O)c1sc(N2CCC(C)(C)C2)c(OC(C)C)c1N. The Hall–Kier alpha value is -1.43. The maximum absolute atomic E-state index is 11.9. The van der Waals surface area contributed by atoms with Gasteiger partial charge in [0.15, 0.2) is 5.75 Å². The number of rotatable bonds is 4. The smallest absolute Gasteiger partial charge is 0.350 e. The summed E-state index contributed by atoms with van der Waals surface area (Å²) in [6, 6.07) is 0. The van der Waals surface area contributed by atoms with Crippen LogP contribution in [0, 0.1) is 5.41 Å². The van der Waals surface area contributed by atoms with Gasteiger partial charge < -0.3 is 20.1 Å². The molecule has 0 aliphatic carbocycles. The maximum atomic E-state index is 11.9. The van der Waals surface area contributed by atoms with Gasteiger partial charge in [0.2, 0.25) is 0 Å². The maximum Gasteiger partial charge on any atom is 0.350 e. The molecule has 6 heteroatoms. The Labute approximate surface area is 130 Å². The monoisotopic (exact) mass is 312 g/mol. The van der Waals surface area contributed by atoms with Gasteiger partial charge in [-0.15, -0.1) is 11.3 Å². The highest BCUT2D eigenvalue weighted by molar-refractivity contribution is 7.19. The van der Waals surface area contributed by atoms with Crippen LogP contribution in [-0.2, 0) is 4.74 Å². The highest BCUT2D eigenvalue weighted by Crippen LogP contribution is 2.48. The minimum absolute atomic E-state index is 0.00163. The number of nitrogen functional groups attached to an aromatic ring is 1. The standard InChI is InChI=1S/C15H24N2O3S/c1-9(2)20-11-10(16)12(14(18)19-5)21-13(11)17-7-6-15(3,4)8-17/h9H,6-8,16H2,1-5H3. The molecule has 0 radical (unpaired) electrons. The predicted molar refractivity (Wildman–Crippen MR) is 86.4 cm³/mol. The fraction of sp³-hybridized carbons (Fsp3) is 0.667. The summed E-state index contributed by atoms with van der Waals surface area (Å²) in [5, 5.41) is 0.937. The van der Waals surface area contributed by atoms with Crippen molar-refractivity contribution in [1.29, 1.82) is 0 Å². The van der Waals surface area contributed by atoms with E-state index in [1.54, 1.807) is 0 Å². The van der Waals surface area contributed by atoms with Gasteiger partial charge >= 0.3 is 5.97 Å². The van der Waals surface area contributed by atoms with Gasteiger partial charge in [0.1, 0.15) is 15.6 Å². The molecule has 0 aromatic carbocycles. The van der Waals surface area contributed by atoms with Crippen molar-refractivity contribution in [3.05, 3.63) is 4.88 Å². The number of nitrogens with zero attached hydrogens (tertiary/aromatic N) is 1. The number of nitrogens with two attached hydrogens (primary N) is 1. The fourth-order valence-electron chi connectivity index (χ4n) is 2.50. The van der Waals surface area contributed by atoms with Crippen molar-refractivity contribution in [2.45, 2.75) is 40.2 Å². The largest absolute Gasteiger partial charge is 0.486 e. The second-order valence-electron chi connectivity index (χ2n) is 6.47. The number of methoxy groups -OCH3 is 1. The number of hydrogen-bond donors (Lipinski definition) is 1. The molecule has 1 fully saturated rings. The first-order chi connectivity index (χ1) is 9.75. The summed E-state index contributed by atoms with van der Waals surface area (Å²) < 4.78 is 10.7. The van der Waals surface area contributed by atoms with Crippen LogP contribution in [0.1, 0.15) is 43.8 Å². The van der Waals surface area contributed by atoms with Gasteiger partial charge in [-0.2, -0.15) is 0 Å². The van der Waals surface area contributed by atoms with Crippen molar-refractivity contribution in [2.24, 2.45) is 5.41 Å². The molecule has 2 N–H and O–H groups in total. The Morgan fingerprint density at radius 1 is 1.43 bits per heavy atom. The van der Waals surface area contributed by atoms with Gasteiger partial charge in [0.25, 0.3) is 0 Å². The Morgan fingerprint density at radius 2 is 2.10 bits per heavy atom. The summed E-state index contributed by atoms with van der Waals surface area (Å²) in [6.45, 7) is 10.3. The topological polar surface area (TPSA) is 64.8 Å². The van der Waals surface area contributed by atoms with E-state index in [0.29, 0.717) is 16.3 Å². The first kappa shape index (κ1) is 15.9. The summed E-state index contributed by atoms with van der Waals surface area (Å²) >= 11 is 1.36. The molecule has 0 spiro atoms.